The minimum atomic E-state index is 0.363. The molecule has 1 aliphatic rings. The summed E-state index contributed by atoms with van der Waals surface area (Å²) in [7, 11) is 1.82. The number of hydrogen-bond donors (Lipinski definition) is 1. The van der Waals surface area contributed by atoms with Crippen LogP contribution in [-0.2, 0) is 4.74 Å². The molecule has 0 radical (unpaired) electrons. The van der Waals surface area contributed by atoms with Gasteiger partial charge in [-0.05, 0) is 24.3 Å². The molecule has 1 aromatic heterocycles. The van der Waals surface area contributed by atoms with Crippen LogP contribution in [0.1, 0.15) is 17.7 Å². The Bertz CT molecular complexity index is 315. The van der Waals surface area contributed by atoms with Gasteiger partial charge in [-0.2, -0.15) is 0 Å². The van der Waals surface area contributed by atoms with Gasteiger partial charge in [-0.15, -0.1) is 11.3 Å². The highest BCUT2D eigenvalue weighted by Crippen LogP contribution is 2.12. The van der Waals surface area contributed by atoms with Gasteiger partial charge in [0.05, 0.1) is 11.0 Å². The zero-order valence-corrected chi connectivity index (χ0v) is 9.72. The van der Waals surface area contributed by atoms with E-state index >= 15 is 0 Å². The quantitative estimate of drug-likeness (QED) is 0.628. The second-order valence-electron chi connectivity index (χ2n) is 3.57. The average Bonchev–Trinajstić information content (AvgIpc) is 2.90. The van der Waals surface area contributed by atoms with E-state index in [4.69, 9.17) is 4.74 Å². The Morgan fingerprint density at radius 3 is 3.27 bits per heavy atom. The van der Waals surface area contributed by atoms with Gasteiger partial charge < -0.3 is 10.1 Å². The van der Waals surface area contributed by atoms with E-state index in [9.17, 15) is 0 Å². The lowest BCUT2D eigenvalue weighted by molar-refractivity contribution is 0.114. The first-order chi connectivity index (χ1) is 7.40. The maximum atomic E-state index is 5.55. The van der Waals surface area contributed by atoms with Gasteiger partial charge >= 0.3 is 0 Å². The van der Waals surface area contributed by atoms with E-state index in [1.165, 1.54) is 11.3 Å². The molecule has 0 bridgehead atoms. The van der Waals surface area contributed by atoms with Crippen molar-refractivity contribution in [3.63, 3.8) is 0 Å². The Balaban J connectivity index is 1.86. The number of nitrogens with one attached hydrogen (secondary N) is 1. The van der Waals surface area contributed by atoms with Crippen LogP contribution in [0.25, 0.3) is 0 Å². The molecule has 15 heavy (non-hydrogen) atoms. The van der Waals surface area contributed by atoms with Crippen LogP contribution >= 0.6 is 11.3 Å². The largest absolute Gasteiger partial charge is 0.376 e. The molecular weight excluding hydrogens is 208 g/mol. The van der Waals surface area contributed by atoms with Gasteiger partial charge in [-0.3, -0.25) is 4.99 Å². The molecule has 82 valence electrons. The normalized spacial score (nSPS) is 21.9. The van der Waals surface area contributed by atoms with Crippen molar-refractivity contribution in [3.05, 3.63) is 22.4 Å². The molecule has 0 aromatic carbocycles. The Morgan fingerprint density at radius 2 is 2.67 bits per heavy atom. The van der Waals surface area contributed by atoms with Crippen molar-refractivity contribution in [2.45, 2.75) is 18.9 Å². The maximum absolute atomic E-state index is 5.55. The van der Waals surface area contributed by atoms with Crippen molar-refractivity contribution in [3.8, 4) is 0 Å². The van der Waals surface area contributed by atoms with Crippen molar-refractivity contribution >= 4 is 17.2 Å². The third kappa shape index (κ3) is 2.79. The third-order valence-electron chi connectivity index (χ3n) is 2.50. The lowest BCUT2D eigenvalue weighted by Gasteiger charge is -2.12. The van der Waals surface area contributed by atoms with Crippen LogP contribution in [0, 0.1) is 0 Å². The van der Waals surface area contributed by atoms with Crippen molar-refractivity contribution in [2.75, 3.05) is 20.2 Å². The molecule has 0 amide bonds. The second-order valence-corrected chi connectivity index (χ2v) is 4.51. The molecule has 2 heterocycles. The smallest absolute Gasteiger partial charge is 0.138 e. The number of thiophene rings is 1. The summed E-state index contributed by atoms with van der Waals surface area (Å²) in [5.41, 5.74) is 0. The van der Waals surface area contributed by atoms with Crippen molar-refractivity contribution in [1.82, 2.24) is 5.32 Å². The molecule has 1 N–H and O–H groups in total. The SMILES string of the molecule is CN=C(NCC1CCCO1)c1cccs1. The number of rotatable bonds is 3. The molecule has 0 saturated carbocycles. The number of amidine groups is 1. The van der Waals surface area contributed by atoms with E-state index in [0.717, 1.165) is 25.4 Å². The van der Waals surface area contributed by atoms with Crippen molar-refractivity contribution < 1.29 is 4.74 Å². The van der Waals surface area contributed by atoms with E-state index in [1.807, 2.05) is 13.1 Å². The molecule has 0 aliphatic carbocycles. The highest BCUT2D eigenvalue weighted by Gasteiger charge is 2.15. The van der Waals surface area contributed by atoms with Crippen LogP contribution in [0.4, 0.5) is 0 Å². The topological polar surface area (TPSA) is 33.6 Å². The Morgan fingerprint density at radius 1 is 1.73 bits per heavy atom. The molecule has 3 nitrogen and oxygen atoms in total. The predicted molar refractivity (Wildman–Crippen MR) is 63.8 cm³/mol. The van der Waals surface area contributed by atoms with Crippen LogP contribution in [0.2, 0.25) is 0 Å². The molecule has 1 aromatic rings. The van der Waals surface area contributed by atoms with Gasteiger partial charge in [-0.1, -0.05) is 6.07 Å². The minimum Gasteiger partial charge on any atom is -0.376 e. The van der Waals surface area contributed by atoms with Gasteiger partial charge in [0.2, 0.25) is 0 Å². The minimum absolute atomic E-state index is 0.363. The number of aliphatic imine (C=N–C) groups is 1. The lowest BCUT2D eigenvalue weighted by atomic mass is 10.2. The average molecular weight is 224 g/mol. The summed E-state index contributed by atoms with van der Waals surface area (Å²) >= 11 is 1.70. The molecule has 4 heteroatoms. The number of ether oxygens (including phenoxy) is 1. The predicted octanol–water partition coefficient (Wildman–Crippen LogP) is 1.89. The van der Waals surface area contributed by atoms with E-state index in [-0.39, 0.29) is 0 Å². The lowest BCUT2D eigenvalue weighted by Crippen LogP contribution is -2.31. The van der Waals surface area contributed by atoms with Gasteiger partial charge in [0.1, 0.15) is 5.84 Å². The summed E-state index contributed by atoms with van der Waals surface area (Å²) in [5, 5.41) is 5.41. The number of nitrogens with zero attached hydrogens (tertiary/aromatic N) is 1. The Labute approximate surface area is 94.2 Å². The maximum Gasteiger partial charge on any atom is 0.138 e. The molecule has 1 unspecified atom stereocenters. The summed E-state index contributed by atoms with van der Waals surface area (Å²) in [6.07, 6.45) is 2.71. The fourth-order valence-corrected chi connectivity index (χ4v) is 2.44. The van der Waals surface area contributed by atoms with Crippen molar-refractivity contribution in [1.29, 1.82) is 0 Å². The summed E-state index contributed by atoms with van der Waals surface area (Å²) in [4.78, 5) is 5.44. The van der Waals surface area contributed by atoms with E-state index in [1.54, 1.807) is 11.3 Å². The molecule has 1 fully saturated rings. The number of hydrogen-bond acceptors (Lipinski definition) is 3. The third-order valence-corrected chi connectivity index (χ3v) is 3.38. The molecule has 1 saturated heterocycles. The summed E-state index contributed by atoms with van der Waals surface area (Å²) < 4.78 is 5.55. The standard InChI is InChI=1S/C11H16N2OS/c1-12-11(10-5-3-7-15-10)13-8-9-4-2-6-14-9/h3,5,7,9H,2,4,6,8H2,1H3,(H,12,13). The van der Waals surface area contributed by atoms with Gasteiger partial charge in [0, 0.05) is 20.2 Å². The van der Waals surface area contributed by atoms with Crippen LogP contribution in [0.15, 0.2) is 22.5 Å². The second kappa shape index (κ2) is 5.28. The van der Waals surface area contributed by atoms with Crippen LogP contribution in [0.5, 0.6) is 0 Å². The zero-order valence-electron chi connectivity index (χ0n) is 8.90. The Kier molecular flexibility index (Phi) is 3.75. The Hall–Kier alpha value is -0.870. The van der Waals surface area contributed by atoms with Crippen LogP contribution in [-0.4, -0.2) is 32.1 Å². The molecule has 1 atom stereocenters. The highest BCUT2D eigenvalue weighted by molar-refractivity contribution is 7.12. The molecule has 2 rings (SSSR count). The molecule has 1 aliphatic heterocycles. The monoisotopic (exact) mass is 224 g/mol. The first kappa shape index (κ1) is 10.6. The van der Waals surface area contributed by atoms with E-state index in [2.05, 4.69) is 21.8 Å². The fraction of sp³-hybridized carbons (Fsp3) is 0.545. The van der Waals surface area contributed by atoms with Gasteiger partial charge in [0.15, 0.2) is 0 Å². The summed E-state index contributed by atoms with van der Waals surface area (Å²) in [6, 6.07) is 4.12. The molecule has 0 spiro atoms. The van der Waals surface area contributed by atoms with Crippen molar-refractivity contribution in [2.24, 2.45) is 4.99 Å². The van der Waals surface area contributed by atoms with Gasteiger partial charge in [0.25, 0.3) is 0 Å². The van der Waals surface area contributed by atoms with Gasteiger partial charge in [-0.25, -0.2) is 0 Å². The zero-order chi connectivity index (χ0) is 10.5. The first-order valence-electron chi connectivity index (χ1n) is 5.26. The van der Waals surface area contributed by atoms with Crippen LogP contribution < -0.4 is 5.32 Å². The first-order valence-corrected chi connectivity index (χ1v) is 6.14. The highest BCUT2D eigenvalue weighted by atomic mass is 32.1. The molecular formula is C11H16N2OS. The van der Waals surface area contributed by atoms with E-state index in [0.29, 0.717) is 6.10 Å². The summed E-state index contributed by atoms with van der Waals surface area (Å²) in [5.74, 6) is 0.973. The fourth-order valence-electron chi connectivity index (χ4n) is 1.71. The van der Waals surface area contributed by atoms with E-state index < -0.39 is 0 Å². The van der Waals surface area contributed by atoms with Crippen LogP contribution in [0.3, 0.4) is 0 Å². The summed E-state index contributed by atoms with van der Waals surface area (Å²) in [6.45, 7) is 1.77.